The van der Waals surface area contributed by atoms with E-state index >= 15 is 0 Å². The summed E-state index contributed by atoms with van der Waals surface area (Å²) in [5.41, 5.74) is 2.33. The monoisotopic (exact) mass is 257 g/mol. The van der Waals surface area contributed by atoms with Gasteiger partial charge in [-0.05, 0) is 37.3 Å². The number of nitrogens with zero attached hydrogens (tertiary/aromatic N) is 2. The van der Waals surface area contributed by atoms with Crippen molar-refractivity contribution in [3.8, 4) is 0 Å². The maximum Gasteiger partial charge on any atom is 0.221 e. The van der Waals surface area contributed by atoms with Gasteiger partial charge in [-0.3, -0.25) is 9.48 Å². The Morgan fingerprint density at radius 1 is 1.47 bits per heavy atom. The number of hydrogen-bond donors (Lipinski definition) is 1. The Bertz CT molecular complexity index is 598. The molecule has 2 aromatic rings. The number of aromatic nitrogens is 2. The van der Waals surface area contributed by atoms with E-state index in [-0.39, 0.29) is 5.91 Å². The van der Waals surface area contributed by atoms with Gasteiger partial charge in [-0.2, -0.15) is 5.10 Å². The molecule has 100 valence electrons. The first-order valence-electron chi connectivity index (χ1n) is 6.92. The van der Waals surface area contributed by atoms with Crippen LogP contribution in [0, 0.1) is 12.8 Å². The fourth-order valence-corrected chi connectivity index (χ4v) is 2.30. The average molecular weight is 257 g/mol. The number of nitrogens with one attached hydrogen (secondary N) is 1. The van der Waals surface area contributed by atoms with E-state index in [1.807, 2.05) is 16.9 Å². The lowest BCUT2D eigenvalue weighted by Crippen LogP contribution is -2.26. The standard InChI is InChI=1S/C15H19N3O/c1-11-3-2-4-14-13(11)10-17-18(14)8-7-15(19)16-9-12-5-6-12/h2-4,10,12H,5-9H2,1H3,(H,16,19). The van der Waals surface area contributed by atoms with Crippen LogP contribution >= 0.6 is 0 Å². The van der Waals surface area contributed by atoms with E-state index in [1.165, 1.54) is 23.8 Å². The van der Waals surface area contributed by atoms with Gasteiger partial charge in [0.25, 0.3) is 0 Å². The molecule has 1 aromatic heterocycles. The molecule has 0 saturated heterocycles. The van der Waals surface area contributed by atoms with Gasteiger partial charge in [0, 0.05) is 18.4 Å². The van der Waals surface area contributed by atoms with Crippen LogP contribution in [0.5, 0.6) is 0 Å². The van der Waals surface area contributed by atoms with Crippen molar-refractivity contribution >= 4 is 16.8 Å². The average Bonchev–Trinajstić information content (AvgIpc) is 3.14. The Hall–Kier alpha value is -1.84. The van der Waals surface area contributed by atoms with E-state index in [4.69, 9.17) is 0 Å². The van der Waals surface area contributed by atoms with E-state index in [1.54, 1.807) is 0 Å². The molecule has 0 atom stereocenters. The summed E-state index contributed by atoms with van der Waals surface area (Å²) in [6, 6.07) is 6.16. The quantitative estimate of drug-likeness (QED) is 0.893. The van der Waals surface area contributed by atoms with Crippen LogP contribution < -0.4 is 5.32 Å². The predicted molar refractivity (Wildman–Crippen MR) is 74.8 cm³/mol. The fraction of sp³-hybridized carbons (Fsp3) is 0.467. The third-order valence-corrected chi connectivity index (χ3v) is 3.74. The summed E-state index contributed by atoms with van der Waals surface area (Å²) in [6.07, 6.45) is 4.91. The van der Waals surface area contributed by atoms with Crippen molar-refractivity contribution in [1.82, 2.24) is 15.1 Å². The van der Waals surface area contributed by atoms with Crippen LogP contribution in [0.2, 0.25) is 0 Å². The lowest BCUT2D eigenvalue weighted by Gasteiger charge is -2.05. The zero-order chi connectivity index (χ0) is 13.2. The second-order valence-electron chi connectivity index (χ2n) is 5.37. The first-order valence-corrected chi connectivity index (χ1v) is 6.92. The Balaban J connectivity index is 1.61. The molecule has 0 radical (unpaired) electrons. The summed E-state index contributed by atoms with van der Waals surface area (Å²) < 4.78 is 1.92. The number of rotatable bonds is 5. The predicted octanol–water partition coefficient (Wildman–Crippen LogP) is 2.26. The van der Waals surface area contributed by atoms with Gasteiger partial charge in [0.15, 0.2) is 0 Å². The van der Waals surface area contributed by atoms with Crippen LogP contribution in [0.4, 0.5) is 0 Å². The van der Waals surface area contributed by atoms with Crippen LogP contribution in [0.1, 0.15) is 24.8 Å². The highest BCUT2D eigenvalue weighted by Gasteiger charge is 2.21. The van der Waals surface area contributed by atoms with E-state index in [0.29, 0.717) is 13.0 Å². The molecule has 1 fully saturated rings. The Kier molecular flexibility index (Phi) is 3.23. The van der Waals surface area contributed by atoms with Gasteiger partial charge in [0.1, 0.15) is 0 Å². The summed E-state index contributed by atoms with van der Waals surface area (Å²) in [5, 5.41) is 8.53. The van der Waals surface area contributed by atoms with Gasteiger partial charge in [0.05, 0.1) is 18.3 Å². The lowest BCUT2D eigenvalue weighted by atomic mass is 10.1. The summed E-state index contributed by atoms with van der Waals surface area (Å²) in [4.78, 5) is 11.7. The van der Waals surface area contributed by atoms with Crippen LogP contribution in [-0.2, 0) is 11.3 Å². The molecule has 0 unspecified atom stereocenters. The largest absolute Gasteiger partial charge is 0.356 e. The van der Waals surface area contributed by atoms with Crippen LogP contribution in [0.25, 0.3) is 10.9 Å². The number of amides is 1. The van der Waals surface area contributed by atoms with Gasteiger partial charge in [0.2, 0.25) is 5.91 Å². The molecule has 1 aliphatic rings. The molecule has 0 aliphatic heterocycles. The summed E-state index contributed by atoms with van der Waals surface area (Å²) in [6.45, 7) is 3.57. The van der Waals surface area contributed by atoms with Crippen molar-refractivity contribution in [3.05, 3.63) is 30.0 Å². The number of hydrogen-bond acceptors (Lipinski definition) is 2. The molecular weight excluding hydrogens is 238 g/mol. The Labute approximate surface area is 112 Å². The van der Waals surface area contributed by atoms with E-state index in [2.05, 4.69) is 29.5 Å². The molecule has 1 aliphatic carbocycles. The zero-order valence-electron chi connectivity index (χ0n) is 11.2. The summed E-state index contributed by atoms with van der Waals surface area (Å²) in [7, 11) is 0. The minimum Gasteiger partial charge on any atom is -0.356 e. The first kappa shape index (κ1) is 12.2. The highest BCUT2D eigenvalue weighted by molar-refractivity contribution is 5.82. The minimum absolute atomic E-state index is 0.128. The van der Waals surface area contributed by atoms with Crippen LogP contribution in [0.3, 0.4) is 0 Å². The van der Waals surface area contributed by atoms with Crippen LogP contribution in [0.15, 0.2) is 24.4 Å². The summed E-state index contributed by atoms with van der Waals surface area (Å²) in [5.74, 6) is 0.861. The lowest BCUT2D eigenvalue weighted by molar-refractivity contribution is -0.121. The normalized spacial score (nSPS) is 14.8. The zero-order valence-corrected chi connectivity index (χ0v) is 11.2. The number of fused-ring (bicyclic) bond motifs is 1. The van der Waals surface area contributed by atoms with Crippen molar-refractivity contribution in [2.75, 3.05) is 6.54 Å². The van der Waals surface area contributed by atoms with Crippen molar-refractivity contribution in [2.24, 2.45) is 5.92 Å². The van der Waals surface area contributed by atoms with Gasteiger partial charge in [-0.1, -0.05) is 12.1 Å². The van der Waals surface area contributed by atoms with E-state index in [9.17, 15) is 4.79 Å². The van der Waals surface area contributed by atoms with E-state index in [0.717, 1.165) is 18.0 Å². The third-order valence-electron chi connectivity index (χ3n) is 3.74. The molecule has 1 heterocycles. The number of carbonyl (C=O) groups is 1. The number of carbonyl (C=O) groups excluding carboxylic acids is 1. The second kappa shape index (κ2) is 5.03. The molecule has 19 heavy (non-hydrogen) atoms. The smallest absolute Gasteiger partial charge is 0.221 e. The summed E-state index contributed by atoms with van der Waals surface area (Å²) >= 11 is 0. The molecule has 4 heteroatoms. The van der Waals surface area contributed by atoms with Gasteiger partial charge < -0.3 is 5.32 Å². The fourth-order valence-electron chi connectivity index (χ4n) is 2.30. The highest BCUT2D eigenvalue weighted by atomic mass is 16.1. The molecule has 0 bridgehead atoms. The SMILES string of the molecule is Cc1cccc2c1cnn2CCC(=O)NCC1CC1. The number of benzene rings is 1. The van der Waals surface area contributed by atoms with Gasteiger partial charge >= 0.3 is 0 Å². The maximum atomic E-state index is 11.7. The second-order valence-corrected chi connectivity index (χ2v) is 5.37. The Morgan fingerprint density at radius 2 is 2.32 bits per heavy atom. The van der Waals surface area contributed by atoms with Crippen molar-refractivity contribution < 1.29 is 4.79 Å². The topological polar surface area (TPSA) is 46.9 Å². The van der Waals surface area contributed by atoms with Crippen molar-refractivity contribution in [2.45, 2.75) is 32.7 Å². The molecular formula is C15H19N3O. The minimum atomic E-state index is 0.128. The first-order chi connectivity index (χ1) is 9.24. The third kappa shape index (κ3) is 2.78. The molecule has 4 nitrogen and oxygen atoms in total. The number of aryl methyl sites for hydroxylation is 2. The van der Waals surface area contributed by atoms with Crippen LogP contribution in [-0.4, -0.2) is 22.2 Å². The molecule has 1 N–H and O–H groups in total. The van der Waals surface area contributed by atoms with Gasteiger partial charge in [-0.25, -0.2) is 0 Å². The highest BCUT2D eigenvalue weighted by Crippen LogP contribution is 2.27. The van der Waals surface area contributed by atoms with Crippen molar-refractivity contribution in [3.63, 3.8) is 0 Å². The van der Waals surface area contributed by atoms with Gasteiger partial charge in [-0.15, -0.1) is 0 Å². The van der Waals surface area contributed by atoms with Crippen molar-refractivity contribution in [1.29, 1.82) is 0 Å². The Morgan fingerprint density at radius 3 is 3.11 bits per heavy atom. The molecule has 1 saturated carbocycles. The molecule has 3 rings (SSSR count). The molecule has 0 spiro atoms. The molecule has 1 amide bonds. The van der Waals surface area contributed by atoms with E-state index < -0.39 is 0 Å². The molecule has 1 aromatic carbocycles. The maximum absolute atomic E-state index is 11.7.